The van der Waals surface area contributed by atoms with Gasteiger partial charge in [0.05, 0.1) is 0 Å². The summed E-state index contributed by atoms with van der Waals surface area (Å²) in [4.78, 5) is 0. The van der Waals surface area contributed by atoms with Gasteiger partial charge in [-0.3, -0.25) is 0 Å². The fraction of sp³-hybridized carbons (Fsp3) is 0.778. The fourth-order valence-electron chi connectivity index (χ4n) is 2.12. The van der Waals surface area contributed by atoms with Crippen molar-refractivity contribution in [2.75, 3.05) is 20.1 Å². The van der Waals surface area contributed by atoms with Gasteiger partial charge < -0.3 is 5.32 Å². The highest BCUT2D eigenvalue weighted by Crippen LogP contribution is 2.24. The standard InChI is InChI=1S/C9H16BrN5O2S/c1-11-7-4-3-5-15(6-7)18(16,17)9-8(10)12-13-14(9)2/h7,11H,3-6H2,1-2H3. The van der Waals surface area contributed by atoms with E-state index in [1.165, 1.54) is 8.99 Å². The first-order valence-electron chi connectivity index (χ1n) is 5.69. The summed E-state index contributed by atoms with van der Waals surface area (Å²) in [5.74, 6) is 0. The van der Waals surface area contributed by atoms with Crippen LogP contribution in [0.4, 0.5) is 0 Å². The van der Waals surface area contributed by atoms with Crippen molar-refractivity contribution in [1.29, 1.82) is 0 Å². The molecule has 1 aromatic rings. The fourth-order valence-corrected chi connectivity index (χ4v) is 4.67. The minimum absolute atomic E-state index is 0.110. The number of piperidine rings is 1. The van der Waals surface area contributed by atoms with E-state index in [0.717, 1.165) is 12.8 Å². The molecule has 1 aromatic heterocycles. The molecule has 0 radical (unpaired) electrons. The minimum atomic E-state index is -3.54. The molecule has 102 valence electrons. The van der Waals surface area contributed by atoms with Crippen LogP contribution in [0.3, 0.4) is 0 Å². The zero-order chi connectivity index (χ0) is 13.3. The third-order valence-corrected chi connectivity index (χ3v) is 5.87. The first-order valence-corrected chi connectivity index (χ1v) is 7.92. The van der Waals surface area contributed by atoms with Gasteiger partial charge in [0, 0.05) is 26.2 Å². The number of rotatable bonds is 3. The van der Waals surface area contributed by atoms with Crippen molar-refractivity contribution in [3.05, 3.63) is 4.60 Å². The molecule has 1 fully saturated rings. The molecule has 1 aliphatic rings. The summed E-state index contributed by atoms with van der Waals surface area (Å²) in [6.07, 6.45) is 1.85. The van der Waals surface area contributed by atoms with E-state index in [1.807, 2.05) is 7.05 Å². The van der Waals surface area contributed by atoms with Crippen LogP contribution in [0.15, 0.2) is 9.63 Å². The molecule has 1 atom stereocenters. The van der Waals surface area contributed by atoms with E-state index in [0.29, 0.717) is 13.1 Å². The molecule has 2 heterocycles. The van der Waals surface area contributed by atoms with Crippen LogP contribution in [-0.4, -0.2) is 53.9 Å². The van der Waals surface area contributed by atoms with Gasteiger partial charge in [-0.05, 0) is 35.8 Å². The van der Waals surface area contributed by atoms with Gasteiger partial charge in [-0.25, -0.2) is 13.1 Å². The third kappa shape index (κ3) is 2.44. The highest BCUT2D eigenvalue weighted by Gasteiger charge is 2.34. The maximum absolute atomic E-state index is 12.5. The van der Waals surface area contributed by atoms with Crippen LogP contribution < -0.4 is 5.32 Å². The van der Waals surface area contributed by atoms with Crippen molar-refractivity contribution in [3.8, 4) is 0 Å². The first-order chi connectivity index (χ1) is 8.46. The molecule has 18 heavy (non-hydrogen) atoms. The molecular formula is C9H16BrN5O2S. The van der Waals surface area contributed by atoms with Crippen LogP contribution in [0.25, 0.3) is 0 Å². The second-order valence-corrected chi connectivity index (χ2v) is 6.90. The lowest BCUT2D eigenvalue weighted by molar-refractivity contribution is 0.291. The normalized spacial score (nSPS) is 22.3. The average molecular weight is 338 g/mol. The van der Waals surface area contributed by atoms with E-state index < -0.39 is 10.0 Å². The van der Waals surface area contributed by atoms with Gasteiger partial charge in [0.2, 0.25) is 5.03 Å². The molecule has 0 aliphatic carbocycles. The second kappa shape index (κ2) is 5.24. The monoisotopic (exact) mass is 337 g/mol. The number of hydrogen-bond donors (Lipinski definition) is 1. The average Bonchev–Trinajstić information content (AvgIpc) is 2.69. The van der Waals surface area contributed by atoms with Crippen molar-refractivity contribution in [2.45, 2.75) is 23.9 Å². The van der Waals surface area contributed by atoms with Crippen LogP contribution in [0.5, 0.6) is 0 Å². The largest absolute Gasteiger partial charge is 0.316 e. The summed E-state index contributed by atoms with van der Waals surface area (Å²) in [7, 11) is -0.116. The van der Waals surface area contributed by atoms with Gasteiger partial charge in [-0.15, -0.1) is 5.10 Å². The van der Waals surface area contributed by atoms with E-state index in [4.69, 9.17) is 0 Å². The number of aryl methyl sites for hydroxylation is 1. The summed E-state index contributed by atoms with van der Waals surface area (Å²) in [5, 5.41) is 10.7. The molecule has 1 aliphatic heterocycles. The van der Waals surface area contributed by atoms with Crippen LogP contribution in [0.2, 0.25) is 0 Å². The Hall–Kier alpha value is -0.510. The third-order valence-electron chi connectivity index (χ3n) is 3.11. The molecule has 1 unspecified atom stereocenters. The Morgan fingerprint density at radius 1 is 1.50 bits per heavy atom. The summed E-state index contributed by atoms with van der Waals surface area (Å²) in [6, 6.07) is 0.202. The van der Waals surface area contributed by atoms with Crippen molar-refractivity contribution < 1.29 is 8.42 Å². The lowest BCUT2D eigenvalue weighted by Gasteiger charge is -2.31. The number of aromatic nitrogens is 3. The van der Waals surface area contributed by atoms with Gasteiger partial charge in [-0.1, -0.05) is 5.21 Å². The van der Waals surface area contributed by atoms with Gasteiger partial charge in [0.25, 0.3) is 10.0 Å². The Morgan fingerprint density at radius 3 is 2.78 bits per heavy atom. The van der Waals surface area contributed by atoms with Crippen LogP contribution >= 0.6 is 15.9 Å². The van der Waals surface area contributed by atoms with E-state index in [9.17, 15) is 8.42 Å². The molecule has 2 rings (SSSR count). The molecule has 0 spiro atoms. The number of nitrogens with zero attached hydrogens (tertiary/aromatic N) is 4. The molecule has 0 amide bonds. The van der Waals surface area contributed by atoms with Crippen molar-refractivity contribution in [1.82, 2.24) is 24.6 Å². The van der Waals surface area contributed by atoms with Gasteiger partial charge in [0.1, 0.15) is 0 Å². The molecular weight excluding hydrogens is 322 g/mol. The summed E-state index contributed by atoms with van der Waals surface area (Å²) < 4.78 is 28.1. The molecule has 1 saturated heterocycles. The van der Waals surface area contributed by atoms with Crippen molar-refractivity contribution in [2.24, 2.45) is 7.05 Å². The Kier molecular flexibility index (Phi) is 4.05. The lowest BCUT2D eigenvalue weighted by atomic mass is 10.1. The van der Waals surface area contributed by atoms with Crippen LogP contribution in [-0.2, 0) is 17.1 Å². The van der Waals surface area contributed by atoms with E-state index in [2.05, 4.69) is 31.6 Å². The molecule has 0 aromatic carbocycles. The van der Waals surface area contributed by atoms with Gasteiger partial charge in [0.15, 0.2) is 4.60 Å². The summed E-state index contributed by atoms with van der Waals surface area (Å²) in [6.45, 7) is 1.02. The second-order valence-electron chi connectivity index (χ2n) is 4.30. The maximum Gasteiger partial charge on any atom is 0.263 e. The maximum atomic E-state index is 12.5. The summed E-state index contributed by atoms with van der Waals surface area (Å²) >= 11 is 3.14. The van der Waals surface area contributed by atoms with Crippen LogP contribution in [0, 0.1) is 0 Å². The predicted octanol–water partition coefficient (Wildman–Crippen LogP) is -0.0499. The number of sulfonamides is 1. The smallest absolute Gasteiger partial charge is 0.263 e. The van der Waals surface area contributed by atoms with Gasteiger partial charge in [-0.2, -0.15) is 4.31 Å². The highest BCUT2D eigenvalue weighted by atomic mass is 79.9. The highest BCUT2D eigenvalue weighted by molar-refractivity contribution is 9.10. The van der Waals surface area contributed by atoms with Crippen molar-refractivity contribution >= 4 is 26.0 Å². The Labute approximate surface area is 115 Å². The molecule has 9 heteroatoms. The predicted molar refractivity (Wildman–Crippen MR) is 69.5 cm³/mol. The molecule has 0 bridgehead atoms. The van der Waals surface area contributed by atoms with Crippen LogP contribution in [0.1, 0.15) is 12.8 Å². The Morgan fingerprint density at radius 2 is 2.22 bits per heavy atom. The SMILES string of the molecule is CNC1CCCN(S(=O)(=O)c2c(Br)nnn2C)C1. The van der Waals surface area contributed by atoms with E-state index in [1.54, 1.807) is 7.05 Å². The quantitative estimate of drug-likeness (QED) is 0.836. The van der Waals surface area contributed by atoms with E-state index >= 15 is 0 Å². The lowest BCUT2D eigenvalue weighted by Crippen LogP contribution is -2.47. The number of nitrogens with one attached hydrogen (secondary N) is 1. The number of likely N-dealkylation sites (N-methyl/N-ethyl adjacent to an activating group) is 1. The van der Waals surface area contributed by atoms with E-state index in [-0.39, 0.29) is 15.7 Å². The first kappa shape index (κ1) is 13.9. The Balaban J connectivity index is 2.31. The van der Waals surface area contributed by atoms with Gasteiger partial charge >= 0.3 is 0 Å². The molecule has 7 nitrogen and oxygen atoms in total. The topological polar surface area (TPSA) is 80.1 Å². The molecule has 1 N–H and O–H groups in total. The molecule has 0 saturated carbocycles. The summed E-state index contributed by atoms with van der Waals surface area (Å²) in [5.41, 5.74) is 0. The number of halogens is 1. The van der Waals surface area contributed by atoms with Crippen molar-refractivity contribution in [3.63, 3.8) is 0 Å². The zero-order valence-corrected chi connectivity index (χ0v) is 12.7. The number of hydrogen-bond acceptors (Lipinski definition) is 5. The zero-order valence-electron chi connectivity index (χ0n) is 10.3. The minimum Gasteiger partial charge on any atom is -0.316 e. The Bertz CT molecular complexity index is 510.